The number of benzene rings is 2. The standard InChI is InChI=1S/C20H19FN2O2S/c21-16-9-5-4-6-14(16)12-22-19(25)17-13-26-20(11-10-18(24)23(17)20)15-7-2-1-3-8-15/h1-9,17H,10-13H2,(H,22,25)/t17-,20+/m0/s1. The van der Waals surface area contributed by atoms with E-state index in [4.69, 9.17) is 0 Å². The molecule has 2 amide bonds. The number of hydrogen-bond donors (Lipinski definition) is 1. The summed E-state index contributed by atoms with van der Waals surface area (Å²) in [5, 5.41) is 2.80. The van der Waals surface area contributed by atoms with Gasteiger partial charge in [0.1, 0.15) is 16.7 Å². The van der Waals surface area contributed by atoms with Crippen molar-refractivity contribution in [2.45, 2.75) is 30.3 Å². The van der Waals surface area contributed by atoms with E-state index in [1.165, 1.54) is 6.07 Å². The summed E-state index contributed by atoms with van der Waals surface area (Å²) in [6.07, 6.45) is 1.15. The third kappa shape index (κ3) is 2.78. The number of thioether (sulfide) groups is 1. The monoisotopic (exact) mass is 370 g/mol. The first kappa shape index (κ1) is 17.1. The number of fused-ring (bicyclic) bond motifs is 1. The fraction of sp³-hybridized carbons (Fsp3) is 0.300. The Morgan fingerprint density at radius 2 is 1.92 bits per heavy atom. The molecule has 0 bridgehead atoms. The van der Waals surface area contributed by atoms with Gasteiger partial charge in [-0.15, -0.1) is 11.8 Å². The van der Waals surface area contributed by atoms with E-state index in [9.17, 15) is 14.0 Å². The van der Waals surface area contributed by atoms with Gasteiger partial charge in [0.15, 0.2) is 0 Å². The molecule has 0 aromatic heterocycles. The molecule has 2 aromatic rings. The lowest BCUT2D eigenvalue weighted by atomic mass is 10.0. The minimum Gasteiger partial charge on any atom is -0.350 e. The van der Waals surface area contributed by atoms with Crippen LogP contribution in [0, 0.1) is 5.82 Å². The zero-order chi connectivity index (χ0) is 18.1. The molecule has 6 heteroatoms. The van der Waals surface area contributed by atoms with Gasteiger partial charge in [0.05, 0.1) is 0 Å². The van der Waals surface area contributed by atoms with Crippen LogP contribution in [-0.2, 0) is 21.0 Å². The van der Waals surface area contributed by atoms with Crippen LogP contribution in [0.15, 0.2) is 54.6 Å². The Morgan fingerprint density at radius 3 is 2.69 bits per heavy atom. The first-order valence-electron chi connectivity index (χ1n) is 8.64. The molecular weight excluding hydrogens is 351 g/mol. The van der Waals surface area contributed by atoms with Crippen LogP contribution in [-0.4, -0.2) is 28.5 Å². The molecule has 0 spiro atoms. The molecule has 2 heterocycles. The van der Waals surface area contributed by atoms with Crippen molar-refractivity contribution in [1.29, 1.82) is 0 Å². The summed E-state index contributed by atoms with van der Waals surface area (Å²) in [6, 6.07) is 15.7. The molecule has 2 aromatic carbocycles. The number of rotatable bonds is 4. The second kappa shape index (κ2) is 6.76. The Kier molecular flexibility index (Phi) is 4.44. The average Bonchev–Trinajstić information content (AvgIpc) is 3.21. The minimum atomic E-state index is -0.526. The van der Waals surface area contributed by atoms with Gasteiger partial charge in [-0.3, -0.25) is 9.59 Å². The third-order valence-electron chi connectivity index (χ3n) is 5.07. The quantitative estimate of drug-likeness (QED) is 0.900. The maximum absolute atomic E-state index is 13.8. The minimum absolute atomic E-state index is 0.00453. The van der Waals surface area contributed by atoms with Gasteiger partial charge in [-0.25, -0.2) is 4.39 Å². The Labute approximate surface area is 155 Å². The van der Waals surface area contributed by atoms with Crippen LogP contribution < -0.4 is 5.32 Å². The van der Waals surface area contributed by atoms with Gasteiger partial charge in [-0.1, -0.05) is 48.5 Å². The van der Waals surface area contributed by atoms with Crippen molar-refractivity contribution in [1.82, 2.24) is 10.2 Å². The van der Waals surface area contributed by atoms with Gasteiger partial charge in [-0.05, 0) is 18.1 Å². The van der Waals surface area contributed by atoms with Gasteiger partial charge < -0.3 is 10.2 Å². The maximum atomic E-state index is 13.8. The predicted octanol–water partition coefficient (Wildman–Crippen LogP) is 3.03. The molecule has 134 valence electrons. The fourth-order valence-electron chi connectivity index (χ4n) is 3.78. The first-order valence-corrected chi connectivity index (χ1v) is 9.63. The normalized spacial score (nSPS) is 24.6. The zero-order valence-corrected chi connectivity index (χ0v) is 15.0. The summed E-state index contributed by atoms with van der Waals surface area (Å²) in [7, 11) is 0. The number of nitrogens with zero attached hydrogens (tertiary/aromatic N) is 1. The SMILES string of the molecule is O=C(NCc1ccccc1F)[C@@H]1CS[C@@]2(c3ccccc3)CCC(=O)N12. The summed E-state index contributed by atoms with van der Waals surface area (Å²) in [5.74, 6) is -0.0211. The summed E-state index contributed by atoms with van der Waals surface area (Å²) < 4.78 is 13.8. The van der Waals surface area contributed by atoms with Gasteiger partial charge in [-0.2, -0.15) is 0 Å². The highest BCUT2D eigenvalue weighted by Gasteiger charge is 2.56. The van der Waals surface area contributed by atoms with E-state index in [0.717, 1.165) is 5.56 Å². The van der Waals surface area contributed by atoms with E-state index in [1.54, 1.807) is 34.9 Å². The summed E-state index contributed by atoms with van der Waals surface area (Å²) in [6.45, 7) is 0.118. The van der Waals surface area contributed by atoms with E-state index >= 15 is 0 Å². The molecular formula is C20H19FN2O2S. The van der Waals surface area contributed by atoms with Crippen molar-refractivity contribution in [2.24, 2.45) is 0 Å². The van der Waals surface area contributed by atoms with Crippen LogP contribution >= 0.6 is 11.8 Å². The Bertz CT molecular complexity index is 845. The highest BCUT2D eigenvalue weighted by molar-refractivity contribution is 8.00. The molecule has 0 unspecified atom stereocenters. The van der Waals surface area contributed by atoms with Crippen molar-refractivity contribution in [2.75, 3.05) is 5.75 Å². The van der Waals surface area contributed by atoms with Crippen molar-refractivity contribution in [3.63, 3.8) is 0 Å². The lowest BCUT2D eigenvalue weighted by Gasteiger charge is -2.34. The lowest BCUT2D eigenvalue weighted by Crippen LogP contribution is -2.49. The van der Waals surface area contributed by atoms with Crippen LogP contribution in [0.25, 0.3) is 0 Å². The third-order valence-corrected chi connectivity index (χ3v) is 6.66. The number of carbonyl (C=O) groups excluding carboxylic acids is 2. The van der Waals surface area contributed by atoms with E-state index in [2.05, 4.69) is 5.32 Å². The maximum Gasteiger partial charge on any atom is 0.244 e. The predicted molar refractivity (Wildman–Crippen MR) is 98.7 cm³/mol. The molecule has 26 heavy (non-hydrogen) atoms. The Morgan fingerprint density at radius 1 is 1.19 bits per heavy atom. The molecule has 1 N–H and O–H groups in total. The lowest BCUT2D eigenvalue weighted by molar-refractivity contribution is -0.138. The summed E-state index contributed by atoms with van der Waals surface area (Å²) in [5.41, 5.74) is 1.49. The summed E-state index contributed by atoms with van der Waals surface area (Å²) in [4.78, 5) is 26.6. The van der Waals surface area contributed by atoms with Crippen LogP contribution in [0.5, 0.6) is 0 Å². The van der Waals surface area contributed by atoms with Crippen LogP contribution in [0.2, 0.25) is 0 Å². The molecule has 4 rings (SSSR count). The van der Waals surface area contributed by atoms with E-state index in [1.807, 2.05) is 30.3 Å². The molecule has 0 radical (unpaired) electrons. The molecule has 4 nitrogen and oxygen atoms in total. The summed E-state index contributed by atoms with van der Waals surface area (Å²) >= 11 is 1.65. The van der Waals surface area contributed by atoms with E-state index in [0.29, 0.717) is 24.2 Å². The van der Waals surface area contributed by atoms with E-state index in [-0.39, 0.29) is 24.2 Å². The molecule has 0 saturated carbocycles. The second-order valence-corrected chi connectivity index (χ2v) is 7.85. The van der Waals surface area contributed by atoms with Gasteiger partial charge in [0.2, 0.25) is 11.8 Å². The van der Waals surface area contributed by atoms with Gasteiger partial charge in [0, 0.05) is 24.3 Å². The average molecular weight is 370 g/mol. The fourth-order valence-corrected chi connectivity index (χ4v) is 5.43. The highest BCUT2D eigenvalue weighted by atomic mass is 32.2. The number of nitrogens with one attached hydrogen (secondary N) is 1. The number of amides is 2. The van der Waals surface area contributed by atoms with E-state index < -0.39 is 10.9 Å². The number of halogens is 1. The topological polar surface area (TPSA) is 49.4 Å². The van der Waals surface area contributed by atoms with Crippen LogP contribution in [0.3, 0.4) is 0 Å². The molecule has 2 aliphatic rings. The first-order chi connectivity index (χ1) is 12.6. The number of hydrogen-bond acceptors (Lipinski definition) is 3. The van der Waals surface area contributed by atoms with Crippen LogP contribution in [0.4, 0.5) is 4.39 Å². The van der Waals surface area contributed by atoms with Crippen molar-refractivity contribution >= 4 is 23.6 Å². The highest BCUT2D eigenvalue weighted by Crippen LogP contribution is 2.54. The molecule has 0 aliphatic carbocycles. The molecule has 2 fully saturated rings. The smallest absolute Gasteiger partial charge is 0.244 e. The van der Waals surface area contributed by atoms with Crippen molar-refractivity contribution in [3.8, 4) is 0 Å². The second-order valence-electron chi connectivity index (χ2n) is 6.55. The number of carbonyl (C=O) groups is 2. The van der Waals surface area contributed by atoms with Gasteiger partial charge >= 0.3 is 0 Å². The Hall–Kier alpha value is -2.34. The largest absolute Gasteiger partial charge is 0.350 e. The molecule has 2 saturated heterocycles. The molecule has 2 aliphatic heterocycles. The zero-order valence-electron chi connectivity index (χ0n) is 14.2. The molecule has 2 atom stereocenters. The van der Waals surface area contributed by atoms with Crippen LogP contribution in [0.1, 0.15) is 24.0 Å². The van der Waals surface area contributed by atoms with Crippen molar-refractivity contribution < 1.29 is 14.0 Å². The Balaban J connectivity index is 1.54. The van der Waals surface area contributed by atoms with Gasteiger partial charge in [0.25, 0.3) is 0 Å². The van der Waals surface area contributed by atoms with Crippen molar-refractivity contribution in [3.05, 3.63) is 71.5 Å².